The number of rotatable bonds is 2. The lowest BCUT2D eigenvalue weighted by Gasteiger charge is -2.39. The van der Waals surface area contributed by atoms with E-state index in [1.807, 2.05) is 33.8 Å². The van der Waals surface area contributed by atoms with Crippen LogP contribution in [0.4, 0.5) is 0 Å². The fourth-order valence-electron chi connectivity index (χ4n) is 2.07. The Morgan fingerprint density at radius 3 is 2.22 bits per heavy atom. The van der Waals surface area contributed by atoms with Crippen molar-refractivity contribution in [3.8, 4) is 0 Å². The number of allylic oxidation sites excluding steroid dienone is 2. The van der Waals surface area contributed by atoms with E-state index in [1.54, 1.807) is 0 Å². The molecule has 0 spiro atoms. The molecule has 0 fully saturated rings. The molecule has 0 saturated carbocycles. The summed E-state index contributed by atoms with van der Waals surface area (Å²) in [6, 6.07) is 0. The van der Waals surface area contributed by atoms with Gasteiger partial charge in [-0.15, -0.1) is 0 Å². The first-order valence-corrected chi connectivity index (χ1v) is 5.83. The van der Waals surface area contributed by atoms with Gasteiger partial charge in [0.25, 0.3) is 0 Å². The third-order valence-electron chi connectivity index (χ3n) is 2.79. The molecule has 0 saturated heterocycles. The third-order valence-corrected chi connectivity index (χ3v) is 2.79. The van der Waals surface area contributed by atoms with Crippen molar-refractivity contribution in [2.45, 2.75) is 40.4 Å². The van der Waals surface area contributed by atoms with Gasteiger partial charge >= 0.3 is 11.8 Å². The van der Waals surface area contributed by atoms with E-state index in [0.29, 0.717) is 5.57 Å². The summed E-state index contributed by atoms with van der Waals surface area (Å²) < 4.78 is 10.5. The Morgan fingerprint density at radius 2 is 1.83 bits per heavy atom. The van der Waals surface area contributed by atoms with Crippen molar-refractivity contribution >= 4 is 11.8 Å². The lowest BCUT2D eigenvalue weighted by Crippen LogP contribution is -2.50. The van der Waals surface area contributed by atoms with Crippen molar-refractivity contribution in [1.82, 2.24) is 0 Å². The van der Waals surface area contributed by atoms with Gasteiger partial charge in [0.2, 0.25) is 5.78 Å². The number of esters is 1. The van der Waals surface area contributed by atoms with Crippen LogP contribution < -0.4 is 0 Å². The van der Waals surface area contributed by atoms with Crippen LogP contribution in [0.25, 0.3) is 0 Å². The number of carbonyl (C=O) groups excluding carboxylic acids is 2. The molecule has 0 aromatic rings. The highest BCUT2D eigenvalue weighted by molar-refractivity contribution is 6.02. The second kappa shape index (κ2) is 4.69. The monoisotopic (exact) mass is 252 g/mol. The Kier molecular flexibility index (Phi) is 3.81. The maximum Gasteiger partial charge on any atom is 0.305 e. The normalized spacial score (nSPS) is 24.4. The molecule has 0 aromatic heterocycles. The van der Waals surface area contributed by atoms with E-state index in [-0.39, 0.29) is 11.2 Å². The summed E-state index contributed by atoms with van der Waals surface area (Å²) in [5.41, 5.74) is 1.12. The Labute approximate surface area is 108 Å². The zero-order valence-corrected chi connectivity index (χ0v) is 11.8. The minimum Gasteiger partial charge on any atom is -0.421 e. The molecular weight excluding hydrogens is 232 g/mol. The van der Waals surface area contributed by atoms with Gasteiger partial charge in [0.15, 0.2) is 0 Å². The van der Waals surface area contributed by atoms with E-state index in [9.17, 15) is 9.59 Å². The number of ketones is 1. The van der Waals surface area contributed by atoms with Crippen molar-refractivity contribution in [3.05, 3.63) is 23.3 Å². The van der Waals surface area contributed by atoms with Crippen LogP contribution in [0.3, 0.4) is 0 Å². The molecule has 0 aliphatic heterocycles. The summed E-state index contributed by atoms with van der Waals surface area (Å²) >= 11 is 0. The summed E-state index contributed by atoms with van der Waals surface area (Å²) in [5, 5.41) is 0. The molecular formula is C14H20O4. The summed E-state index contributed by atoms with van der Waals surface area (Å²) in [4.78, 5) is 23.5. The zero-order valence-electron chi connectivity index (χ0n) is 11.8. The van der Waals surface area contributed by atoms with Crippen LogP contribution in [-0.4, -0.2) is 24.6 Å². The Morgan fingerprint density at radius 1 is 1.28 bits per heavy atom. The molecule has 0 N–H and O–H groups in total. The third kappa shape index (κ3) is 2.53. The number of hydrogen-bond donors (Lipinski definition) is 0. The molecule has 1 aliphatic carbocycles. The van der Waals surface area contributed by atoms with E-state index in [2.05, 4.69) is 0 Å². The van der Waals surface area contributed by atoms with Crippen LogP contribution in [-0.2, 0) is 19.1 Å². The Hall–Kier alpha value is -1.42. The summed E-state index contributed by atoms with van der Waals surface area (Å²) in [6.45, 7) is 8.93. The fourth-order valence-corrected chi connectivity index (χ4v) is 2.07. The predicted octanol–water partition coefficient (Wildman–Crippen LogP) is 2.39. The molecule has 0 aromatic carbocycles. The average molecular weight is 252 g/mol. The van der Waals surface area contributed by atoms with Crippen LogP contribution in [0.1, 0.15) is 34.6 Å². The quantitative estimate of drug-likeness (QED) is 0.559. The van der Waals surface area contributed by atoms with Crippen LogP contribution >= 0.6 is 0 Å². The number of methoxy groups -OCH3 is 1. The molecule has 1 aliphatic rings. The van der Waals surface area contributed by atoms with Crippen molar-refractivity contribution in [1.29, 1.82) is 0 Å². The lowest BCUT2D eigenvalue weighted by atomic mass is 9.76. The molecule has 1 rings (SSSR count). The molecule has 0 radical (unpaired) electrons. The average Bonchev–Trinajstić information content (AvgIpc) is 2.19. The van der Waals surface area contributed by atoms with Gasteiger partial charge in [0, 0.05) is 19.6 Å². The second-order valence-corrected chi connectivity index (χ2v) is 5.47. The van der Waals surface area contributed by atoms with E-state index in [4.69, 9.17) is 9.47 Å². The fraction of sp³-hybridized carbons (Fsp3) is 0.571. The standard InChI is InChI=1S/C14H20O4/c1-9-7-11(13(3,4)5)14(17-6,12(16)8-9)18-10(2)15/h7-8H,1-6H3. The van der Waals surface area contributed by atoms with Gasteiger partial charge < -0.3 is 9.47 Å². The van der Waals surface area contributed by atoms with Crippen molar-refractivity contribution in [3.63, 3.8) is 0 Å². The minimum absolute atomic E-state index is 0.351. The maximum absolute atomic E-state index is 12.2. The molecule has 0 amide bonds. The number of hydrogen-bond acceptors (Lipinski definition) is 4. The van der Waals surface area contributed by atoms with Gasteiger partial charge in [-0.25, -0.2) is 0 Å². The predicted molar refractivity (Wildman–Crippen MR) is 67.8 cm³/mol. The van der Waals surface area contributed by atoms with Crippen LogP contribution in [0.5, 0.6) is 0 Å². The van der Waals surface area contributed by atoms with Crippen LogP contribution in [0, 0.1) is 5.41 Å². The van der Waals surface area contributed by atoms with Gasteiger partial charge in [0.1, 0.15) is 0 Å². The summed E-state index contributed by atoms with van der Waals surface area (Å²) in [7, 11) is 1.37. The SMILES string of the molecule is COC1(OC(C)=O)C(=O)C=C(C)C=C1C(C)(C)C. The Bertz CT molecular complexity index is 437. The molecule has 0 bridgehead atoms. The molecule has 4 nitrogen and oxygen atoms in total. The van der Waals surface area contributed by atoms with Crippen LogP contribution in [0.15, 0.2) is 23.3 Å². The molecule has 100 valence electrons. The number of ether oxygens (including phenoxy) is 2. The van der Waals surface area contributed by atoms with Crippen molar-refractivity contribution < 1.29 is 19.1 Å². The lowest BCUT2D eigenvalue weighted by molar-refractivity contribution is -0.205. The summed E-state index contributed by atoms with van der Waals surface area (Å²) in [6.07, 6.45) is 3.27. The zero-order chi connectivity index (χ0) is 14.1. The van der Waals surface area contributed by atoms with Gasteiger partial charge in [-0.1, -0.05) is 26.8 Å². The van der Waals surface area contributed by atoms with E-state index < -0.39 is 11.8 Å². The first-order valence-electron chi connectivity index (χ1n) is 5.83. The first-order chi connectivity index (χ1) is 8.13. The smallest absolute Gasteiger partial charge is 0.305 e. The molecule has 4 heteroatoms. The first kappa shape index (κ1) is 14.6. The van der Waals surface area contributed by atoms with Gasteiger partial charge in [-0.3, -0.25) is 9.59 Å². The van der Waals surface area contributed by atoms with Gasteiger partial charge in [-0.2, -0.15) is 0 Å². The Balaban J connectivity index is 3.41. The summed E-state index contributed by atoms with van der Waals surface area (Å²) in [5.74, 6) is -2.53. The van der Waals surface area contributed by atoms with E-state index >= 15 is 0 Å². The minimum atomic E-state index is -1.62. The topological polar surface area (TPSA) is 52.6 Å². The molecule has 0 heterocycles. The van der Waals surface area contributed by atoms with Crippen LogP contribution in [0.2, 0.25) is 0 Å². The maximum atomic E-state index is 12.2. The van der Waals surface area contributed by atoms with Crippen molar-refractivity contribution in [2.75, 3.05) is 7.11 Å². The van der Waals surface area contributed by atoms with Gasteiger partial charge in [0.05, 0.1) is 0 Å². The van der Waals surface area contributed by atoms with E-state index in [1.165, 1.54) is 20.1 Å². The number of carbonyl (C=O) groups is 2. The van der Waals surface area contributed by atoms with Gasteiger partial charge in [-0.05, 0) is 24.0 Å². The van der Waals surface area contributed by atoms with E-state index in [0.717, 1.165) is 5.57 Å². The highest BCUT2D eigenvalue weighted by Gasteiger charge is 2.50. The molecule has 1 atom stereocenters. The second-order valence-electron chi connectivity index (χ2n) is 5.47. The largest absolute Gasteiger partial charge is 0.421 e. The highest BCUT2D eigenvalue weighted by atomic mass is 16.7. The van der Waals surface area contributed by atoms with Crippen molar-refractivity contribution in [2.24, 2.45) is 5.41 Å². The molecule has 1 unspecified atom stereocenters. The highest BCUT2D eigenvalue weighted by Crippen LogP contribution is 2.41. The molecule has 18 heavy (non-hydrogen) atoms.